The van der Waals surface area contributed by atoms with Gasteiger partial charge in [0.25, 0.3) is 5.69 Å². The van der Waals surface area contributed by atoms with Gasteiger partial charge in [0.2, 0.25) is 0 Å². The van der Waals surface area contributed by atoms with Crippen LogP contribution in [0.15, 0.2) is 40.7 Å². The molecule has 1 aromatic carbocycles. The van der Waals surface area contributed by atoms with Crippen LogP contribution in [0.4, 0.5) is 18.9 Å². The van der Waals surface area contributed by atoms with Crippen molar-refractivity contribution in [1.82, 2.24) is 5.32 Å². The van der Waals surface area contributed by atoms with Crippen LogP contribution in [-0.2, 0) is 9.59 Å². The number of ether oxygens (including phenoxy) is 1. The summed E-state index contributed by atoms with van der Waals surface area (Å²) in [4.78, 5) is 34.0. The van der Waals surface area contributed by atoms with E-state index in [1.54, 1.807) is 5.32 Å². The Labute approximate surface area is 187 Å². The topological polar surface area (TPSA) is 145 Å². The van der Waals surface area contributed by atoms with E-state index in [4.69, 9.17) is 4.74 Å². The number of alkyl halides is 4. The van der Waals surface area contributed by atoms with E-state index in [2.05, 4.69) is 15.9 Å². The minimum absolute atomic E-state index is 0.0429. The van der Waals surface area contributed by atoms with Crippen LogP contribution in [0.3, 0.4) is 0 Å². The van der Waals surface area contributed by atoms with Crippen molar-refractivity contribution in [2.45, 2.75) is 31.9 Å². The van der Waals surface area contributed by atoms with Crippen molar-refractivity contribution in [1.29, 1.82) is 0 Å². The Hall–Kier alpha value is -3.09. The van der Waals surface area contributed by atoms with E-state index >= 15 is 0 Å². The molecular formula is C19H16BrF3N2O7-2. The number of carbonyl (C=O) groups is 2. The minimum Gasteiger partial charge on any atom is -0.545 e. The highest BCUT2D eigenvalue weighted by atomic mass is 79.9. The highest BCUT2D eigenvalue weighted by Crippen LogP contribution is 2.45. The minimum atomic E-state index is -5.22. The second kappa shape index (κ2) is 10.0. The van der Waals surface area contributed by atoms with E-state index in [-0.39, 0.29) is 12.4 Å². The van der Waals surface area contributed by atoms with Gasteiger partial charge in [-0.2, -0.15) is 13.2 Å². The van der Waals surface area contributed by atoms with E-state index in [1.165, 1.54) is 0 Å². The summed E-state index contributed by atoms with van der Waals surface area (Å²) < 4.78 is 46.3. The van der Waals surface area contributed by atoms with Gasteiger partial charge in [-0.05, 0) is 25.8 Å². The Bertz CT molecular complexity index is 1010. The Morgan fingerprint density at radius 2 is 1.81 bits per heavy atom. The molecule has 1 aliphatic heterocycles. The predicted octanol–water partition coefficient (Wildman–Crippen LogP) is 1.43. The van der Waals surface area contributed by atoms with Gasteiger partial charge in [-0.1, -0.05) is 15.9 Å². The number of allylic oxidation sites excluding steroid dienone is 2. The predicted molar refractivity (Wildman–Crippen MR) is 103 cm³/mol. The first-order valence-electron chi connectivity index (χ1n) is 9.09. The number of carboxylic acids is 2. The number of dihydropyridines is 1. The molecule has 1 heterocycles. The molecule has 1 atom stereocenters. The van der Waals surface area contributed by atoms with Gasteiger partial charge < -0.3 is 29.9 Å². The molecule has 0 aliphatic carbocycles. The lowest BCUT2D eigenvalue weighted by Gasteiger charge is -2.35. The van der Waals surface area contributed by atoms with Gasteiger partial charge in [-0.25, -0.2) is 0 Å². The third-order valence-electron chi connectivity index (χ3n) is 4.59. The molecule has 0 bridgehead atoms. The molecule has 0 saturated carbocycles. The second-order valence-corrected chi connectivity index (χ2v) is 7.47. The molecule has 1 unspecified atom stereocenters. The molecule has 174 valence electrons. The molecule has 0 amide bonds. The van der Waals surface area contributed by atoms with Crippen LogP contribution in [0, 0.1) is 10.1 Å². The number of hydrogen-bond acceptors (Lipinski definition) is 8. The number of aliphatic carboxylic acids is 2. The number of hydrogen-bond donors (Lipinski definition) is 1. The highest BCUT2D eigenvalue weighted by Gasteiger charge is 2.44. The summed E-state index contributed by atoms with van der Waals surface area (Å²) in [6.45, 7) is 1.03. The van der Waals surface area contributed by atoms with Crippen molar-refractivity contribution < 1.29 is 42.6 Å². The van der Waals surface area contributed by atoms with Gasteiger partial charge in [0, 0.05) is 45.8 Å². The lowest BCUT2D eigenvalue weighted by Crippen LogP contribution is -2.43. The van der Waals surface area contributed by atoms with Crippen LogP contribution >= 0.6 is 15.9 Å². The van der Waals surface area contributed by atoms with Crippen LogP contribution in [0.25, 0.3) is 0 Å². The molecule has 13 heteroatoms. The van der Waals surface area contributed by atoms with Crippen LogP contribution in [0.2, 0.25) is 0 Å². The molecule has 32 heavy (non-hydrogen) atoms. The number of nitro groups is 1. The monoisotopic (exact) mass is 520 g/mol. The smallest absolute Gasteiger partial charge is 0.431 e. The number of benzene rings is 1. The van der Waals surface area contributed by atoms with Crippen molar-refractivity contribution in [2.75, 3.05) is 11.9 Å². The average Bonchev–Trinajstić information content (AvgIpc) is 2.69. The normalized spacial score (nSPS) is 16.6. The molecular weight excluding hydrogens is 505 g/mol. The first kappa shape index (κ1) is 25.2. The molecule has 0 spiro atoms. The summed E-state index contributed by atoms with van der Waals surface area (Å²) >= 11 is 3.22. The third-order valence-corrected chi connectivity index (χ3v) is 5.15. The van der Waals surface area contributed by atoms with Crippen LogP contribution in [0.1, 0.15) is 31.2 Å². The summed E-state index contributed by atoms with van der Waals surface area (Å²) in [7, 11) is 0. The van der Waals surface area contributed by atoms with Crippen molar-refractivity contribution in [2.24, 2.45) is 0 Å². The standard InChI is InChI=1S/C19H18BrF3N2O7/c1-9-13(17(26)27)14(15(18(28)29)16(24-9)19(21,22)23)11-8-10(25(30)31)4-5-12(11)32-7-3-2-6-20/h4-5,8,14,24H,2-3,6-7H2,1H3,(H,26,27)(H,28,29)/p-2. The number of nitrogens with one attached hydrogen (secondary N) is 1. The SMILES string of the molecule is CC1=C(C(=O)[O-])C(c2cc([N+](=O)[O-])ccc2OCCCCBr)C(C(=O)[O-])=C(C(F)(F)F)N1. The molecule has 2 rings (SSSR count). The van der Waals surface area contributed by atoms with Gasteiger partial charge in [-0.15, -0.1) is 0 Å². The quantitative estimate of drug-likeness (QED) is 0.223. The van der Waals surface area contributed by atoms with Crippen LogP contribution in [-0.4, -0.2) is 35.0 Å². The average molecular weight is 521 g/mol. The maximum absolute atomic E-state index is 13.6. The zero-order chi connectivity index (χ0) is 24.2. The Balaban J connectivity index is 2.82. The lowest BCUT2D eigenvalue weighted by atomic mass is 9.79. The maximum Gasteiger partial charge on any atom is 0.431 e. The van der Waals surface area contributed by atoms with Crippen LogP contribution in [0.5, 0.6) is 5.75 Å². The van der Waals surface area contributed by atoms with Crippen molar-refractivity contribution >= 4 is 33.6 Å². The summed E-state index contributed by atoms with van der Waals surface area (Å²) in [6, 6.07) is 2.86. The first-order valence-corrected chi connectivity index (χ1v) is 10.2. The van der Waals surface area contributed by atoms with Crippen molar-refractivity contribution in [3.8, 4) is 5.75 Å². The molecule has 1 N–H and O–H groups in total. The zero-order valence-electron chi connectivity index (χ0n) is 16.5. The lowest BCUT2D eigenvalue weighted by molar-refractivity contribution is -0.385. The molecule has 9 nitrogen and oxygen atoms in total. The molecule has 1 aromatic rings. The summed E-state index contributed by atoms with van der Waals surface area (Å²) in [6.07, 6.45) is -4.06. The largest absolute Gasteiger partial charge is 0.545 e. The fourth-order valence-corrected chi connectivity index (χ4v) is 3.63. The second-order valence-electron chi connectivity index (χ2n) is 6.68. The molecule has 1 aliphatic rings. The molecule has 0 aromatic heterocycles. The number of carbonyl (C=O) groups excluding carboxylic acids is 2. The Kier molecular flexibility index (Phi) is 7.88. The number of nitrogens with zero attached hydrogens (tertiary/aromatic N) is 1. The number of non-ortho nitro benzene ring substituents is 1. The number of carboxylic acid groups (broad SMARTS) is 2. The Morgan fingerprint density at radius 1 is 1.19 bits per heavy atom. The van der Waals surface area contributed by atoms with E-state index in [1.807, 2.05) is 0 Å². The number of halogens is 4. The van der Waals surface area contributed by atoms with E-state index in [0.29, 0.717) is 18.2 Å². The number of nitro benzene ring substituents is 1. The first-order chi connectivity index (χ1) is 14.9. The van der Waals surface area contributed by atoms with Gasteiger partial charge in [0.05, 0.1) is 23.5 Å². The molecule has 0 radical (unpaired) electrons. The Morgan fingerprint density at radius 3 is 2.31 bits per heavy atom. The van der Waals surface area contributed by atoms with Crippen molar-refractivity contribution in [3.05, 3.63) is 56.4 Å². The fourth-order valence-electron chi connectivity index (χ4n) is 3.24. The van der Waals surface area contributed by atoms with Gasteiger partial charge in [-0.3, -0.25) is 10.1 Å². The van der Waals surface area contributed by atoms with E-state index in [0.717, 1.165) is 25.1 Å². The summed E-state index contributed by atoms with van der Waals surface area (Å²) in [5, 5.41) is 37.2. The zero-order valence-corrected chi connectivity index (χ0v) is 18.0. The summed E-state index contributed by atoms with van der Waals surface area (Å²) in [5.41, 5.74) is -5.63. The maximum atomic E-state index is 13.6. The van der Waals surface area contributed by atoms with Gasteiger partial charge in [0.1, 0.15) is 11.4 Å². The van der Waals surface area contributed by atoms with E-state index in [9.17, 15) is 43.1 Å². The molecule has 0 fully saturated rings. The number of unbranched alkanes of at least 4 members (excludes halogenated alkanes) is 1. The van der Waals surface area contributed by atoms with Crippen LogP contribution < -0.4 is 20.3 Å². The van der Waals surface area contributed by atoms with Gasteiger partial charge in [0.15, 0.2) is 0 Å². The van der Waals surface area contributed by atoms with Crippen molar-refractivity contribution in [3.63, 3.8) is 0 Å². The highest BCUT2D eigenvalue weighted by molar-refractivity contribution is 9.09. The van der Waals surface area contributed by atoms with Gasteiger partial charge >= 0.3 is 6.18 Å². The number of rotatable bonds is 9. The van der Waals surface area contributed by atoms with E-state index < -0.39 is 62.7 Å². The summed E-state index contributed by atoms with van der Waals surface area (Å²) in [5.74, 6) is -6.58. The molecule has 0 saturated heterocycles. The fraction of sp³-hybridized carbons (Fsp3) is 0.368. The third kappa shape index (κ3) is 5.39.